The second kappa shape index (κ2) is 8.40. The Morgan fingerprint density at radius 1 is 1.44 bits per heavy atom. The maximum Gasteiger partial charge on any atom is 0.238 e. The van der Waals surface area contributed by atoms with Crippen LogP contribution in [0.5, 0.6) is 0 Å². The number of anilines is 1. The maximum atomic E-state index is 11.7. The van der Waals surface area contributed by atoms with Gasteiger partial charge in [-0.1, -0.05) is 30.7 Å². The van der Waals surface area contributed by atoms with Gasteiger partial charge in [0, 0.05) is 11.8 Å². The van der Waals surface area contributed by atoms with E-state index in [-0.39, 0.29) is 5.91 Å². The van der Waals surface area contributed by atoms with Crippen LogP contribution in [-0.4, -0.2) is 30.0 Å². The highest BCUT2D eigenvalue weighted by Gasteiger charge is 2.07. The first kappa shape index (κ1) is 15.3. The lowest BCUT2D eigenvalue weighted by molar-refractivity contribution is -0.115. The standard InChI is InChI=1S/C13H19ClN2OS/c1-3-18-9-10(2)15-8-13(17)16-12-7-5-4-6-11(12)14/h4-7,10,15H,3,8-9H2,1-2H3,(H,16,17). The van der Waals surface area contributed by atoms with E-state index in [1.807, 2.05) is 23.9 Å². The fraction of sp³-hybridized carbons (Fsp3) is 0.462. The quantitative estimate of drug-likeness (QED) is 0.810. The van der Waals surface area contributed by atoms with Crippen molar-refractivity contribution in [1.29, 1.82) is 0 Å². The zero-order valence-corrected chi connectivity index (χ0v) is 12.3. The van der Waals surface area contributed by atoms with Crippen LogP contribution in [0.4, 0.5) is 5.69 Å². The summed E-state index contributed by atoms with van der Waals surface area (Å²) in [5.41, 5.74) is 0.654. The molecule has 0 fully saturated rings. The van der Waals surface area contributed by atoms with Crippen molar-refractivity contribution in [2.75, 3.05) is 23.4 Å². The Bertz CT molecular complexity index is 387. The van der Waals surface area contributed by atoms with Crippen molar-refractivity contribution in [3.05, 3.63) is 29.3 Å². The molecule has 0 aromatic heterocycles. The van der Waals surface area contributed by atoms with Crippen LogP contribution in [0.1, 0.15) is 13.8 Å². The number of benzene rings is 1. The molecule has 0 saturated carbocycles. The Kier molecular flexibility index (Phi) is 7.16. The molecule has 0 aliphatic heterocycles. The predicted molar refractivity (Wildman–Crippen MR) is 80.5 cm³/mol. The zero-order chi connectivity index (χ0) is 13.4. The van der Waals surface area contributed by atoms with Crippen LogP contribution in [0, 0.1) is 0 Å². The summed E-state index contributed by atoms with van der Waals surface area (Å²) < 4.78 is 0. The molecule has 3 nitrogen and oxygen atoms in total. The molecule has 1 aromatic carbocycles. The summed E-state index contributed by atoms with van der Waals surface area (Å²) in [6.07, 6.45) is 0. The highest BCUT2D eigenvalue weighted by molar-refractivity contribution is 7.99. The Balaban J connectivity index is 2.32. The summed E-state index contributed by atoms with van der Waals surface area (Å²) in [7, 11) is 0. The van der Waals surface area contributed by atoms with Crippen molar-refractivity contribution in [3.63, 3.8) is 0 Å². The monoisotopic (exact) mass is 286 g/mol. The molecular weight excluding hydrogens is 268 g/mol. The number of para-hydroxylation sites is 1. The second-order valence-electron chi connectivity index (χ2n) is 3.97. The van der Waals surface area contributed by atoms with Crippen LogP contribution >= 0.6 is 23.4 Å². The van der Waals surface area contributed by atoms with Gasteiger partial charge in [-0.2, -0.15) is 11.8 Å². The molecule has 1 atom stereocenters. The number of carbonyl (C=O) groups excluding carboxylic acids is 1. The Labute approximate surface area is 118 Å². The van der Waals surface area contributed by atoms with E-state index >= 15 is 0 Å². The first-order valence-corrected chi connectivity index (χ1v) is 7.52. The average molecular weight is 287 g/mol. The largest absolute Gasteiger partial charge is 0.324 e. The number of carbonyl (C=O) groups is 1. The van der Waals surface area contributed by atoms with Gasteiger partial charge in [0.25, 0.3) is 0 Å². The number of nitrogens with one attached hydrogen (secondary N) is 2. The molecule has 0 bridgehead atoms. The van der Waals surface area contributed by atoms with Crippen LogP contribution in [0.3, 0.4) is 0 Å². The van der Waals surface area contributed by atoms with E-state index in [1.54, 1.807) is 12.1 Å². The first-order chi connectivity index (χ1) is 8.63. The van der Waals surface area contributed by atoms with Gasteiger partial charge in [0.2, 0.25) is 5.91 Å². The smallest absolute Gasteiger partial charge is 0.238 e. The number of thioether (sulfide) groups is 1. The van der Waals surface area contributed by atoms with Gasteiger partial charge in [-0.25, -0.2) is 0 Å². The van der Waals surface area contributed by atoms with Gasteiger partial charge in [-0.3, -0.25) is 4.79 Å². The summed E-state index contributed by atoms with van der Waals surface area (Å²) in [6, 6.07) is 7.55. The lowest BCUT2D eigenvalue weighted by atomic mass is 10.3. The molecule has 1 aromatic rings. The van der Waals surface area contributed by atoms with Gasteiger partial charge in [0.05, 0.1) is 17.3 Å². The SMILES string of the molecule is CCSCC(C)NCC(=O)Nc1ccccc1Cl. The van der Waals surface area contributed by atoms with Crippen molar-refractivity contribution in [3.8, 4) is 0 Å². The highest BCUT2D eigenvalue weighted by Crippen LogP contribution is 2.19. The van der Waals surface area contributed by atoms with E-state index < -0.39 is 0 Å². The molecule has 1 rings (SSSR count). The molecule has 2 N–H and O–H groups in total. The molecule has 0 radical (unpaired) electrons. The third-order valence-corrected chi connectivity index (χ3v) is 3.80. The van der Waals surface area contributed by atoms with Crippen LogP contribution < -0.4 is 10.6 Å². The summed E-state index contributed by atoms with van der Waals surface area (Å²) in [6.45, 7) is 4.50. The van der Waals surface area contributed by atoms with Crippen molar-refractivity contribution in [2.24, 2.45) is 0 Å². The van der Waals surface area contributed by atoms with Crippen LogP contribution in [-0.2, 0) is 4.79 Å². The molecule has 0 aliphatic rings. The zero-order valence-electron chi connectivity index (χ0n) is 10.7. The predicted octanol–water partition coefficient (Wildman–Crippen LogP) is 3.01. The molecule has 18 heavy (non-hydrogen) atoms. The van der Waals surface area contributed by atoms with E-state index in [9.17, 15) is 4.79 Å². The lowest BCUT2D eigenvalue weighted by Gasteiger charge is -2.13. The first-order valence-electron chi connectivity index (χ1n) is 5.99. The van der Waals surface area contributed by atoms with Gasteiger partial charge in [0.1, 0.15) is 0 Å². The fourth-order valence-electron chi connectivity index (χ4n) is 1.38. The number of hydrogen-bond donors (Lipinski definition) is 2. The van der Waals surface area contributed by atoms with Gasteiger partial charge in [0.15, 0.2) is 0 Å². The van der Waals surface area contributed by atoms with E-state index in [4.69, 9.17) is 11.6 Å². The number of halogens is 1. The molecular formula is C13H19ClN2OS. The molecule has 1 unspecified atom stereocenters. The maximum absolute atomic E-state index is 11.7. The minimum absolute atomic E-state index is 0.0727. The Hall–Kier alpha value is -0.710. The number of hydrogen-bond acceptors (Lipinski definition) is 3. The normalized spacial score (nSPS) is 12.2. The summed E-state index contributed by atoms with van der Waals surface area (Å²) >= 11 is 7.82. The van der Waals surface area contributed by atoms with Crippen molar-refractivity contribution in [1.82, 2.24) is 5.32 Å². The van der Waals surface area contributed by atoms with Crippen LogP contribution in [0.15, 0.2) is 24.3 Å². The van der Waals surface area contributed by atoms with Crippen molar-refractivity contribution in [2.45, 2.75) is 19.9 Å². The molecule has 0 aliphatic carbocycles. The fourth-order valence-corrected chi connectivity index (χ4v) is 2.27. The van der Waals surface area contributed by atoms with Crippen molar-refractivity contribution < 1.29 is 4.79 Å². The topological polar surface area (TPSA) is 41.1 Å². The van der Waals surface area contributed by atoms with Crippen molar-refractivity contribution >= 4 is 35.0 Å². The van der Waals surface area contributed by atoms with E-state index in [0.717, 1.165) is 11.5 Å². The summed E-state index contributed by atoms with van der Waals surface area (Å²) in [5.74, 6) is 2.03. The minimum atomic E-state index is -0.0727. The van der Waals surface area contributed by atoms with E-state index in [2.05, 4.69) is 24.5 Å². The third-order valence-electron chi connectivity index (χ3n) is 2.33. The summed E-state index contributed by atoms with van der Waals surface area (Å²) in [4.78, 5) is 11.7. The van der Waals surface area contributed by atoms with Gasteiger partial charge < -0.3 is 10.6 Å². The lowest BCUT2D eigenvalue weighted by Crippen LogP contribution is -2.35. The molecule has 1 amide bonds. The van der Waals surface area contributed by atoms with E-state index in [0.29, 0.717) is 23.3 Å². The summed E-state index contributed by atoms with van der Waals surface area (Å²) in [5, 5.41) is 6.52. The number of rotatable bonds is 7. The third kappa shape index (κ3) is 5.76. The van der Waals surface area contributed by atoms with Gasteiger partial charge in [-0.15, -0.1) is 0 Å². The van der Waals surface area contributed by atoms with E-state index in [1.165, 1.54) is 0 Å². The second-order valence-corrected chi connectivity index (χ2v) is 5.70. The van der Waals surface area contributed by atoms with Gasteiger partial charge >= 0.3 is 0 Å². The van der Waals surface area contributed by atoms with Gasteiger partial charge in [-0.05, 0) is 24.8 Å². The molecule has 5 heteroatoms. The molecule has 0 heterocycles. The van der Waals surface area contributed by atoms with Crippen LogP contribution in [0.2, 0.25) is 5.02 Å². The highest BCUT2D eigenvalue weighted by atomic mass is 35.5. The molecule has 100 valence electrons. The molecule has 0 saturated heterocycles. The molecule has 0 spiro atoms. The van der Waals surface area contributed by atoms with Crippen LogP contribution in [0.25, 0.3) is 0 Å². The Morgan fingerprint density at radius 3 is 2.83 bits per heavy atom. The number of amides is 1. The minimum Gasteiger partial charge on any atom is -0.324 e. The average Bonchev–Trinajstić information content (AvgIpc) is 2.36. The Morgan fingerprint density at radius 2 is 2.17 bits per heavy atom.